The van der Waals surface area contributed by atoms with Crippen molar-refractivity contribution < 1.29 is 4.79 Å². The zero-order valence-electron chi connectivity index (χ0n) is 11.1. The highest BCUT2D eigenvalue weighted by molar-refractivity contribution is 6.04. The molecule has 0 fully saturated rings. The summed E-state index contributed by atoms with van der Waals surface area (Å²) < 4.78 is 0. The van der Waals surface area contributed by atoms with Crippen molar-refractivity contribution in [2.75, 3.05) is 5.32 Å². The van der Waals surface area contributed by atoms with Gasteiger partial charge in [-0.15, -0.1) is 0 Å². The van der Waals surface area contributed by atoms with E-state index in [0.29, 0.717) is 5.69 Å². The molecule has 0 aliphatic rings. The topological polar surface area (TPSA) is 57.8 Å². The molecule has 1 aromatic carbocycles. The van der Waals surface area contributed by atoms with Gasteiger partial charge in [0.05, 0.1) is 0 Å². The van der Waals surface area contributed by atoms with Crippen molar-refractivity contribution in [2.45, 2.75) is 27.7 Å². The van der Waals surface area contributed by atoms with E-state index in [-0.39, 0.29) is 5.91 Å². The zero-order valence-corrected chi connectivity index (χ0v) is 11.1. The predicted octanol–water partition coefficient (Wildman–Crippen LogP) is 2.90. The number of carbonyl (C=O) groups is 1. The smallest absolute Gasteiger partial charge is 0.276 e. The van der Waals surface area contributed by atoms with Crippen LogP contribution in [0.25, 0.3) is 0 Å². The Labute approximate surface area is 106 Å². The summed E-state index contributed by atoms with van der Waals surface area (Å²) in [7, 11) is 0. The van der Waals surface area contributed by atoms with Gasteiger partial charge in [0.1, 0.15) is 0 Å². The highest BCUT2D eigenvalue weighted by Crippen LogP contribution is 2.18. The monoisotopic (exact) mass is 243 g/mol. The molecule has 0 aliphatic carbocycles. The van der Waals surface area contributed by atoms with Crippen LogP contribution in [0.3, 0.4) is 0 Å². The first-order valence-electron chi connectivity index (χ1n) is 5.89. The average Bonchev–Trinajstić information content (AvgIpc) is 2.64. The van der Waals surface area contributed by atoms with Crippen LogP contribution < -0.4 is 5.32 Å². The van der Waals surface area contributed by atoms with E-state index in [1.54, 1.807) is 0 Å². The molecule has 0 radical (unpaired) electrons. The van der Waals surface area contributed by atoms with Gasteiger partial charge in [-0.3, -0.25) is 9.89 Å². The lowest BCUT2D eigenvalue weighted by Crippen LogP contribution is -2.14. The minimum absolute atomic E-state index is 0.177. The third kappa shape index (κ3) is 2.27. The second kappa shape index (κ2) is 4.64. The highest BCUT2D eigenvalue weighted by atomic mass is 16.1. The number of carbonyl (C=O) groups excluding carboxylic acids is 1. The molecule has 94 valence electrons. The Morgan fingerprint density at radius 3 is 2.50 bits per heavy atom. The number of aromatic nitrogens is 2. The summed E-state index contributed by atoms with van der Waals surface area (Å²) in [5.74, 6) is -0.177. The molecule has 2 aromatic rings. The standard InChI is InChI=1S/C14H17N3O/c1-8-5-6-12(9(2)7-8)15-14(18)13-10(3)11(4)16-17-13/h5-7H,1-4H3,(H,15,18)(H,16,17). The van der Waals surface area contributed by atoms with Crippen LogP contribution >= 0.6 is 0 Å². The van der Waals surface area contributed by atoms with E-state index in [0.717, 1.165) is 22.5 Å². The number of rotatable bonds is 2. The summed E-state index contributed by atoms with van der Waals surface area (Å²) in [5.41, 5.74) is 5.31. The second-order valence-electron chi connectivity index (χ2n) is 4.59. The third-order valence-corrected chi connectivity index (χ3v) is 3.10. The van der Waals surface area contributed by atoms with Crippen LogP contribution in [0.15, 0.2) is 18.2 Å². The molecule has 1 amide bonds. The molecule has 2 rings (SSSR count). The quantitative estimate of drug-likeness (QED) is 0.852. The number of H-pyrrole nitrogens is 1. The first-order chi connectivity index (χ1) is 8.49. The number of benzene rings is 1. The molecule has 0 spiro atoms. The summed E-state index contributed by atoms with van der Waals surface area (Å²) in [4.78, 5) is 12.1. The Kier molecular flexibility index (Phi) is 3.19. The molecule has 1 heterocycles. The number of anilines is 1. The van der Waals surface area contributed by atoms with Crippen LogP contribution in [0.2, 0.25) is 0 Å². The van der Waals surface area contributed by atoms with Gasteiger partial charge in [-0.2, -0.15) is 5.10 Å². The first kappa shape index (κ1) is 12.4. The van der Waals surface area contributed by atoms with Gasteiger partial charge in [0.2, 0.25) is 0 Å². The number of nitrogens with one attached hydrogen (secondary N) is 2. The van der Waals surface area contributed by atoms with Gasteiger partial charge in [-0.05, 0) is 39.3 Å². The molecule has 0 bridgehead atoms. The van der Waals surface area contributed by atoms with E-state index < -0.39 is 0 Å². The van der Waals surface area contributed by atoms with Gasteiger partial charge < -0.3 is 5.32 Å². The van der Waals surface area contributed by atoms with E-state index in [4.69, 9.17) is 0 Å². The number of aromatic amines is 1. The number of aryl methyl sites for hydroxylation is 3. The number of nitrogens with zero attached hydrogens (tertiary/aromatic N) is 1. The van der Waals surface area contributed by atoms with Gasteiger partial charge in [0, 0.05) is 16.9 Å². The van der Waals surface area contributed by atoms with Crippen LogP contribution in [0.1, 0.15) is 32.9 Å². The average molecular weight is 243 g/mol. The molecular weight excluding hydrogens is 226 g/mol. The molecule has 18 heavy (non-hydrogen) atoms. The lowest BCUT2D eigenvalue weighted by Gasteiger charge is -2.08. The molecule has 4 nitrogen and oxygen atoms in total. The molecule has 0 atom stereocenters. The van der Waals surface area contributed by atoms with Gasteiger partial charge >= 0.3 is 0 Å². The van der Waals surface area contributed by atoms with Crippen LogP contribution in [0.4, 0.5) is 5.69 Å². The summed E-state index contributed by atoms with van der Waals surface area (Å²) in [6.07, 6.45) is 0. The Hall–Kier alpha value is -2.10. The van der Waals surface area contributed by atoms with E-state index in [1.807, 2.05) is 45.9 Å². The molecular formula is C14H17N3O. The Balaban J connectivity index is 2.24. The van der Waals surface area contributed by atoms with E-state index in [1.165, 1.54) is 5.56 Å². The number of hydrogen-bond donors (Lipinski definition) is 2. The van der Waals surface area contributed by atoms with Crippen molar-refractivity contribution in [1.82, 2.24) is 10.2 Å². The Morgan fingerprint density at radius 2 is 1.94 bits per heavy atom. The predicted molar refractivity (Wildman–Crippen MR) is 71.9 cm³/mol. The maximum Gasteiger partial charge on any atom is 0.276 e. The molecule has 0 saturated heterocycles. The van der Waals surface area contributed by atoms with Gasteiger partial charge in [0.25, 0.3) is 5.91 Å². The lowest BCUT2D eigenvalue weighted by molar-refractivity contribution is 0.102. The first-order valence-corrected chi connectivity index (χ1v) is 5.89. The molecule has 2 N–H and O–H groups in total. The lowest BCUT2D eigenvalue weighted by atomic mass is 10.1. The van der Waals surface area contributed by atoms with Crippen molar-refractivity contribution in [3.63, 3.8) is 0 Å². The van der Waals surface area contributed by atoms with Crippen LogP contribution in [-0.2, 0) is 0 Å². The van der Waals surface area contributed by atoms with E-state index in [2.05, 4.69) is 15.5 Å². The minimum atomic E-state index is -0.177. The van der Waals surface area contributed by atoms with Crippen molar-refractivity contribution >= 4 is 11.6 Å². The number of amides is 1. The van der Waals surface area contributed by atoms with Crippen molar-refractivity contribution in [2.24, 2.45) is 0 Å². The summed E-state index contributed by atoms with van der Waals surface area (Å²) >= 11 is 0. The minimum Gasteiger partial charge on any atom is -0.320 e. The fraction of sp³-hybridized carbons (Fsp3) is 0.286. The SMILES string of the molecule is Cc1ccc(NC(=O)c2n[nH]c(C)c2C)c(C)c1. The normalized spacial score (nSPS) is 10.4. The zero-order chi connectivity index (χ0) is 13.3. The van der Waals surface area contributed by atoms with Gasteiger partial charge in [-0.25, -0.2) is 0 Å². The fourth-order valence-corrected chi connectivity index (χ4v) is 1.84. The highest BCUT2D eigenvalue weighted by Gasteiger charge is 2.15. The molecule has 0 aliphatic heterocycles. The maximum absolute atomic E-state index is 12.1. The van der Waals surface area contributed by atoms with E-state index in [9.17, 15) is 4.79 Å². The number of hydrogen-bond acceptors (Lipinski definition) is 2. The van der Waals surface area contributed by atoms with Crippen LogP contribution in [-0.4, -0.2) is 16.1 Å². The van der Waals surface area contributed by atoms with Crippen molar-refractivity contribution in [3.05, 3.63) is 46.3 Å². The van der Waals surface area contributed by atoms with E-state index >= 15 is 0 Å². The third-order valence-electron chi connectivity index (χ3n) is 3.10. The van der Waals surface area contributed by atoms with Gasteiger partial charge in [-0.1, -0.05) is 17.7 Å². The Morgan fingerprint density at radius 1 is 1.22 bits per heavy atom. The fourth-order valence-electron chi connectivity index (χ4n) is 1.84. The molecule has 0 unspecified atom stereocenters. The maximum atomic E-state index is 12.1. The summed E-state index contributed by atoms with van der Waals surface area (Å²) in [5, 5.41) is 9.72. The van der Waals surface area contributed by atoms with Crippen LogP contribution in [0, 0.1) is 27.7 Å². The summed E-state index contributed by atoms with van der Waals surface area (Å²) in [6.45, 7) is 7.79. The Bertz CT molecular complexity index is 599. The van der Waals surface area contributed by atoms with Crippen molar-refractivity contribution in [1.29, 1.82) is 0 Å². The molecule has 0 saturated carbocycles. The van der Waals surface area contributed by atoms with Gasteiger partial charge in [0.15, 0.2) is 5.69 Å². The molecule has 1 aromatic heterocycles. The summed E-state index contributed by atoms with van der Waals surface area (Å²) in [6, 6.07) is 5.93. The van der Waals surface area contributed by atoms with Crippen molar-refractivity contribution in [3.8, 4) is 0 Å². The largest absolute Gasteiger partial charge is 0.320 e. The second-order valence-corrected chi connectivity index (χ2v) is 4.59. The molecule has 4 heteroatoms. The van der Waals surface area contributed by atoms with Crippen LogP contribution in [0.5, 0.6) is 0 Å².